The Morgan fingerprint density at radius 1 is 0.738 bits per heavy atom. The largest absolute Gasteiger partial charge is 0.508 e. The molecule has 1 heterocycles. The van der Waals surface area contributed by atoms with E-state index in [1.807, 2.05) is 0 Å². The van der Waals surface area contributed by atoms with Gasteiger partial charge in [0.25, 0.3) is 0 Å². The first kappa shape index (κ1) is 51.2. The molecule has 1 aromatic rings. The second-order valence-corrected chi connectivity index (χ2v) is 14.9. The number of hydrogen-bond acceptors (Lipinski definition) is 14. The van der Waals surface area contributed by atoms with Crippen LogP contribution in [0.15, 0.2) is 24.3 Å². The Morgan fingerprint density at radius 3 is 1.85 bits per heavy atom. The summed E-state index contributed by atoms with van der Waals surface area (Å²) in [6.07, 6.45) is -3.86. The number of aliphatic carboxylic acids is 2. The van der Waals surface area contributed by atoms with Gasteiger partial charge in [0, 0.05) is 25.8 Å². The van der Waals surface area contributed by atoms with Gasteiger partial charge in [0.05, 0.1) is 12.2 Å². The monoisotopic (exact) mass is 865 g/mol. The van der Waals surface area contributed by atoms with Gasteiger partial charge >= 0.3 is 11.9 Å². The Morgan fingerprint density at radius 2 is 1.30 bits per heavy atom. The molecule has 0 aromatic heterocycles. The predicted molar refractivity (Wildman–Crippen MR) is 213 cm³/mol. The molecule has 0 spiro atoms. The molecule has 0 bridgehead atoms. The molecule has 2 rings (SSSR count). The highest BCUT2D eigenvalue weighted by Gasteiger charge is 2.39. The number of aliphatic hydroxyl groups is 2. The number of nitrogens with zero attached hydrogens (tertiary/aromatic N) is 1. The minimum atomic E-state index is -1.75. The third-order valence-corrected chi connectivity index (χ3v) is 9.87. The molecule has 23 heteroatoms. The Bertz CT molecular complexity index is 1710. The maximum Gasteiger partial charge on any atom is 0.326 e. The van der Waals surface area contributed by atoms with Gasteiger partial charge in [0.2, 0.25) is 41.4 Å². The molecule has 23 nitrogen and oxygen atoms in total. The summed E-state index contributed by atoms with van der Waals surface area (Å²) in [6, 6.07) is -5.06. The van der Waals surface area contributed by atoms with Crippen LogP contribution in [0.25, 0.3) is 0 Å². The van der Waals surface area contributed by atoms with Crippen molar-refractivity contribution in [3.05, 3.63) is 29.8 Å². The van der Waals surface area contributed by atoms with Crippen LogP contribution < -0.4 is 43.8 Å². The zero-order chi connectivity index (χ0) is 46.0. The van der Waals surface area contributed by atoms with Crippen molar-refractivity contribution < 1.29 is 68.7 Å². The first-order valence-corrected chi connectivity index (χ1v) is 19.8. The van der Waals surface area contributed by atoms with Gasteiger partial charge in [-0.15, -0.1) is 0 Å². The van der Waals surface area contributed by atoms with Gasteiger partial charge in [0.1, 0.15) is 48.0 Å². The molecule has 9 atom stereocenters. The minimum Gasteiger partial charge on any atom is -0.508 e. The fraction of sp³-hybridized carbons (Fsp3) is 0.605. The highest BCUT2D eigenvalue weighted by molar-refractivity contribution is 5.97. The molecule has 61 heavy (non-hydrogen) atoms. The van der Waals surface area contributed by atoms with Gasteiger partial charge in [-0.3, -0.25) is 38.4 Å². The molecule has 1 fully saturated rings. The van der Waals surface area contributed by atoms with Crippen LogP contribution >= 0.6 is 0 Å². The number of nitrogens with two attached hydrogens (primary N) is 3. The van der Waals surface area contributed by atoms with Crippen LogP contribution in [0.3, 0.4) is 0 Å². The number of carbonyl (C=O) groups is 9. The van der Waals surface area contributed by atoms with Crippen molar-refractivity contribution in [2.75, 3.05) is 13.1 Å². The van der Waals surface area contributed by atoms with E-state index in [4.69, 9.17) is 17.2 Å². The maximum absolute atomic E-state index is 14.0. The van der Waals surface area contributed by atoms with E-state index < -0.39 is 133 Å². The lowest BCUT2D eigenvalue weighted by atomic mass is 10.0. The molecule has 0 radical (unpaired) electrons. The Balaban J connectivity index is 2.42. The van der Waals surface area contributed by atoms with Crippen molar-refractivity contribution in [3.8, 4) is 5.75 Å². The lowest BCUT2D eigenvalue weighted by Crippen LogP contribution is -2.61. The molecule has 0 saturated carbocycles. The van der Waals surface area contributed by atoms with E-state index in [1.165, 1.54) is 31.2 Å². The van der Waals surface area contributed by atoms with E-state index in [2.05, 4.69) is 26.6 Å². The number of aliphatic hydroxyl groups excluding tert-OH is 2. The number of carboxylic acids is 2. The zero-order valence-electron chi connectivity index (χ0n) is 34.1. The standard InChI is InChI=1S/C38H59N9O14/c1-19(48)30(41)37(59)47-17-5-7-27(47)35(57)43-24(13-15-29(52)53)32(54)45-26(18-21-8-10-22(50)11-9-21)34(56)42-23(12-14-28(40)51)33(55)46-31(20(2)49)36(58)44-25(38(60)61)6-3-4-16-39/h8-11,19-20,23-27,30-31,48-50H,3-7,12-18,39,41H2,1-2H3,(H2,40,51)(H,42,56)(H,43,57)(H,44,58)(H,45,54)(H,46,55)(H,52,53)(H,60,61)/t19-,20-,23+,24+,25+,26+,27+,30+,31+/m1/s1. The summed E-state index contributed by atoms with van der Waals surface area (Å²) < 4.78 is 0. The first-order chi connectivity index (χ1) is 28.7. The number of amides is 7. The molecule has 16 N–H and O–H groups in total. The SMILES string of the molecule is C[C@@H](O)[C@H](N)C(=O)N1CCC[C@H]1C(=O)N[C@@H](CCC(=O)O)C(=O)N[C@@H](Cc1ccc(O)cc1)C(=O)N[C@@H](CCC(N)=O)C(=O)N[C@H](C(=O)N[C@@H](CCCCN)C(=O)O)[C@@H](C)O. The van der Waals surface area contributed by atoms with Crippen molar-refractivity contribution in [2.45, 2.75) is 133 Å². The van der Waals surface area contributed by atoms with E-state index in [1.54, 1.807) is 0 Å². The lowest BCUT2D eigenvalue weighted by molar-refractivity contribution is -0.143. The second kappa shape index (κ2) is 25.0. The number of primary amides is 1. The smallest absolute Gasteiger partial charge is 0.326 e. The van der Waals surface area contributed by atoms with Crippen LogP contribution in [0.5, 0.6) is 5.75 Å². The normalized spacial score (nSPS) is 17.5. The molecule has 1 aliphatic rings. The average molecular weight is 866 g/mol. The van der Waals surface area contributed by atoms with Crippen LogP contribution in [-0.2, 0) is 49.6 Å². The average Bonchev–Trinajstić information content (AvgIpc) is 3.69. The number of aromatic hydroxyl groups is 1. The number of phenolic OH excluding ortho intramolecular Hbond substituents is 1. The minimum absolute atomic E-state index is 0.0115. The van der Waals surface area contributed by atoms with Crippen molar-refractivity contribution >= 4 is 53.3 Å². The first-order valence-electron chi connectivity index (χ1n) is 19.8. The highest BCUT2D eigenvalue weighted by Crippen LogP contribution is 2.20. The number of rotatable bonds is 26. The van der Waals surface area contributed by atoms with E-state index in [9.17, 15) is 68.7 Å². The Labute approximate surface area is 351 Å². The fourth-order valence-corrected chi connectivity index (χ4v) is 6.35. The predicted octanol–water partition coefficient (Wildman–Crippen LogP) is -4.22. The van der Waals surface area contributed by atoms with Crippen LogP contribution in [0, 0.1) is 0 Å². The van der Waals surface area contributed by atoms with Crippen LogP contribution in [0.4, 0.5) is 0 Å². The van der Waals surface area contributed by atoms with Crippen molar-refractivity contribution in [1.29, 1.82) is 0 Å². The number of phenols is 1. The molecule has 1 aromatic carbocycles. The van der Waals surface area contributed by atoms with Crippen LogP contribution in [0.1, 0.15) is 77.2 Å². The third-order valence-electron chi connectivity index (χ3n) is 9.87. The van der Waals surface area contributed by atoms with Gasteiger partial charge in [0.15, 0.2) is 0 Å². The summed E-state index contributed by atoms with van der Waals surface area (Å²) in [5, 5.41) is 61.0. The Kier molecular flexibility index (Phi) is 21.0. The number of nitrogens with one attached hydrogen (secondary N) is 5. The third kappa shape index (κ3) is 16.9. The molecule has 7 amide bonds. The fourth-order valence-electron chi connectivity index (χ4n) is 6.35. The molecular formula is C38H59N9O14. The van der Waals surface area contributed by atoms with Crippen LogP contribution in [0.2, 0.25) is 0 Å². The van der Waals surface area contributed by atoms with E-state index in [0.717, 1.165) is 11.8 Å². The maximum atomic E-state index is 14.0. The number of benzene rings is 1. The number of hydrogen-bond donors (Lipinski definition) is 13. The molecule has 0 aliphatic carbocycles. The summed E-state index contributed by atoms with van der Waals surface area (Å²) in [5.41, 5.74) is 17.0. The molecular weight excluding hydrogens is 806 g/mol. The number of carbonyl (C=O) groups excluding carboxylic acids is 7. The van der Waals surface area contributed by atoms with Gasteiger partial charge in [-0.2, -0.15) is 0 Å². The lowest BCUT2D eigenvalue weighted by Gasteiger charge is -2.30. The molecule has 1 saturated heterocycles. The molecule has 1 aliphatic heterocycles. The summed E-state index contributed by atoms with van der Waals surface area (Å²) in [6.45, 7) is 2.83. The summed E-state index contributed by atoms with van der Waals surface area (Å²) >= 11 is 0. The molecule has 0 unspecified atom stereocenters. The Hall–Kier alpha value is -5.91. The van der Waals surface area contributed by atoms with Gasteiger partial charge in [-0.25, -0.2) is 4.79 Å². The zero-order valence-corrected chi connectivity index (χ0v) is 34.1. The van der Waals surface area contributed by atoms with Gasteiger partial charge < -0.3 is 74.2 Å². The van der Waals surface area contributed by atoms with Crippen molar-refractivity contribution in [1.82, 2.24) is 31.5 Å². The number of unbranched alkanes of at least 4 members (excludes halogenated alkanes) is 1. The van der Waals surface area contributed by atoms with Crippen LogP contribution in [-0.4, -0.2) is 151 Å². The highest BCUT2D eigenvalue weighted by atomic mass is 16.4. The second-order valence-electron chi connectivity index (χ2n) is 14.9. The van der Waals surface area contributed by atoms with Crippen molar-refractivity contribution in [2.24, 2.45) is 17.2 Å². The summed E-state index contributed by atoms with van der Waals surface area (Å²) in [7, 11) is 0. The summed E-state index contributed by atoms with van der Waals surface area (Å²) in [4.78, 5) is 118. The van der Waals surface area contributed by atoms with E-state index in [-0.39, 0.29) is 38.1 Å². The number of likely N-dealkylation sites (tertiary alicyclic amines) is 1. The number of carboxylic acid groups (broad SMARTS) is 2. The van der Waals surface area contributed by atoms with Crippen molar-refractivity contribution in [3.63, 3.8) is 0 Å². The van der Waals surface area contributed by atoms with E-state index in [0.29, 0.717) is 24.8 Å². The van der Waals surface area contributed by atoms with Gasteiger partial charge in [-0.05, 0) is 83.0 Å². The molecule has 340 valence electrons. The van der Waals surface area contributed by atoms with Gasteiger partial charge in [-0.1, -0.05) is 12.1 Å². The summed E-state index contributed by atoms with van der Waals surface area (Å²) in [5.74, 6) is -9.59. The topological polar surface area (TPSA) is 396 Å². The quantitative estimate of drug-likeness (QED) is 0.0393. The van der Waals surface area contributed by atoms with E-state index >= 15 is 0 Å².